The third-order valence-corrected chi connectivity index (χ3v) is 2.22. The smallest absolute Gasteiger partial charge is 0.257 e. The predicted molar refractivity (Wildman–Crippen MR) is 75.3 cm³/mol. The second-order valence-corrected chi connectivity index (χ2v) is 3.85. The van der Waals surface area contributed by atoms with Crippen molar-refractivity contribution in [3.05, 3.63) is 30.1 Å². The summed E-state index contributed by atoms with van der Waals surface area (Å²) in [7, 11) is 0. The number of nitrogens with one attached hydrogen (secondary N) is 2. The summed E-state index contributed by atoms with van der Waals surface area (Å²) in [5, 5.41) is 5.87. The van der Waals surface area contributed by atoms with E-state index in [1.165, 1.54) is 18.2 Å². The lowest BCUT2D eigenvalue weighted by atomic mass is 10.3. The van der Waals surface area contributed by atoms with Gasteiger partial charge in [-0.05, 0) is 25.1 Å². The van der Waals surface area contributed by atoms with Gasteiger partial charge >= 0.3 is 0 Å². The molecule has 0 aromatic heterocycles. The highest BCUT2D eigenvalue weighted by molar-refractivity contribution is 5.85. The Kier molecular flexibility index (Phi) is 9.84. The summed E-state index contributed by atoms with van der Waals surface area (Å²) >= 11 is 0. The first-order valence-corrected chi connectivity index (χ1v) is 6.08. The van der Waals surface area contributed by atoms with Gasteiger partial charge in [0.05, 0.1) is 0 Å². The number of halogens is 2. The zero-order valence-corrected chi connectivity index (χ0v) is 11.8. The molecule has 0 saturated heterocycles. The Labute approximate surface area is 119 Å². The Morgan fingerprint density at radius 1 is 1.32 bits per heavy atom. The predicted octanol–water partition coefficient (Wildman–Crippen LogP) is 1.74. The van der Waals surface area contributed by atoms with Crippen molar-refractivity contribution >= 4 is 18.3 Å². The molecule has 0 saturated carbocycles. The van der Waals surface area contributed by atoms with Gasteiger partial charge in [-0.3, -0.25) is 4.79 Å². The summed E-state index contributed by atoms with van der Waals surface area (Å²) in [6, 6.07) is 5.72. The second-order valence-electron chi connectivity index (χ2n) is 3.85. The summed E-state index contributed by atoms with van der Waals surface area (Å²) in [5.41, 5.74) is 0. The largest absolute Gasteiger partial charge is 0.484 e. The van der Waals surface area contributed by atoms with Crippen LogP contribution < -0.4 is 15.4 Å². The number of carbonyl (C=O) groups is 1. The molecule has 1 aromatic rings. The molecule has 1 amide bonds. The van der Waals surface area contributed by atoms with E-state index in [1.54, 1.807) is 6.07 Å². The lowest BCUT2D eigenvalue weighted by Crippen LogP contribution is -2.35. The second kappa shape index (κ2) is 10.6. The number of hydrogen-bond acceptors (Lipinski definition) is 3. The number of hydrogen-bond donors (Lipinski definition) is 2. The average Bonchev–Trinajstić information content (AvgIpc) is 2.36. The molecule has 108 valence electrons. The lowest BCUT2D eigenvalue weighted by Gasteiger charge is -2.08. The van der Waals surface area contributed by atoms with Crippen molar-refractivity contribution < 1.29 is 13.9 Å². The van der Waals surface area contributed by atoms with Crippen LogP contribution in [-0.4, -0.2) is 32.1 Å². The van der Waals surface area contributed by atoms with E-state index in [0.717, 1.165) is 19.5 Å². The van der Waals surface area contributed by atoms with E-state index in [-0.39, 0.29) is 30.7 Å². The quantitative estimate of drug-likeness (QED) is 0.717. The van der Waals surface area contributed by atoms with E-state index < -0.39 is 0 Å². The van der Waals surface area contributed by atoms with Crippen LogP contribution in [0.3, 0.4) is 0 Å². The molecule has 1 aromatic carbocycles. The third kappa shape index (κ3) is 8.40. The van der Waals surface area contributed by atoms with Gasteiger partial charge in [-0.1, -0.05) is 13.0 Å². The van der Waals surface area contributed by atoms with Crippen molar-refractivity contribution in [3.8, 4) is 5.75 Å². The molecule has 6 heteroatoms. The highest BCUT2D eigenvalue weighted by atomic mass is 35.5. The molecule has 19 heavy (non-hydrogen) atoms. The van der Waals surface area contributed by atoms with E-state index in [9.17, 15) is 9.18 Å². The third-order valence-electron chi connectivity index (χ3n) is 2.22. The Morgan fingerprint density at radius 3 is 2.79 bits per heavy atom. The van der Waals surface area contributed by atoms with Crippen molar-refractivity contribution in [1.82, 2.24) is 10.6 Å². The first-order valence-electron chi connectivity index (χ1n) is 6.08. The molecule has 4 nitrogen and oxygen atoms in total. The highest BCUT2D eigenvalue weighted by Gasteiger charge is 2.02. The Bertz CT molecular complexity index is 377. The molecule has 0 aliphatic heterocycles. The van der Waals surface area contributed by atoms with E-state index in [1.807, 2.05) is 0 Å². The van der Waals surface area contributed by atoms with Gasteiger partial charge < -0.3 is 15.4 Å². The summed E-state index contributed by atoms with van der Waals surface area (Å²) in [5.74, 6) is -0.233. The number of carbonyl (C=O) groups excluding carboxylic acids is 1. The first-order chi connectivity index (χ1) is 8.72. The standard InChI is InChI=1S/C13H19FN2O2.ClH/c1-2-6-15-7-8-16-13(17)10-18-12-5-3-4-11(14)9-12;/h3-5,9,15H,2,6-8,10H2,1H3,(H,16,17);1H. The van der Waals surface area contributed by atoms with Crippen LogP contribution in [0.1, 0.15) is 13.3 Å². The molecule has 0 spiro atoms. The van der Waals surface area contributed by atoms with Gasteiger partial charge in [-0.25, -0.2) is 4.39 Å². The van der Waals surface area contributed by atoms with Gasteiger partial charge in [0.1, 0.15) is 11.6 Å². The number of ether oxygens (including phenoxy) is 1. The van der Waals surface area contributed by atoms with Gasteiger partial charge in [0.15, 0.2) is 6.61 Å². The van der Waals surface area contributed by atoms with Crippen LogP contribution in [0.5, 0.6) is 5.75 Å². The fourth-order valence-electron chi connectivity index (χ4n) is 1.35. The van der Waals surface area contributed by atoms with Gasteiger partial charge in [0, 0.05) is 19.2 Å². The molecule has 0 bridgehead atoms. The molecule has 1 rings (SSSR count). The minimum atomic E-state index is -0.378. The molecular weight excluding hydrogens is 271 g/mol. The monoisotopic (exact) mass is 290 g/mol. The van der Waals surface area contributed by atoms with Crippen molar-refractivity contribution in [3.63, 3.8) is 0 Å². The van der Waals surface area contributed by atoms with Gasteiger partial charge in [0.25, 0.3) is 5.91 Å². The molecule has 0 aliphatic carbocycles. The van der Waals surface area contributed by atoms with Crippen LogP contribution in [0, 0.1) is 5.82 Å². The molecule has 0 atom stereocenters. The number of benzene rings is 1. The topological polar surface area (TPSA) is 50.4 Å². The van der Waals surface area contributed by atoms with E-state index in [4.69, 9.17) is 4.74 Å². The van der Waals surface area contributed by atoms with E-state index >= 15 is 0 Å². The van der Waals surface area contributed by atoms with Crippen LogP contribution in [0.25, 0.3) is 0 Å². The van der Waals surface area contributed by atoms with Crippen molar-refractivity contribution in [2.75, 3.05) is 26.2 Å². The molecule has 0 radical (unpaired) electrons. The molecule has 2 N–H and O–H groups in total. The van der Waals surface area contributed by atoms with Gasteiger partial charge in [-0.15, -0.1) is 12.4 Å². The minimum absolute atomic E-state index is 0. The number of amides is 1. The van der Waals surface area contributed by atoms with Crippen LogP contribution in [0.2, 0.25) is 0 Å². The first kappa shape index (κ1) is 17.7. The Balaban J connectivity index is 0.00000324. The summed E-state index contributed by atoms with van der Waals surface area (Å²) in [4.78, 5) is 11.4. The van der Waals surface area contributed by atoms with E-state index in [0.29, 0.717) is 12.3 Å². The van der Waals surface area contributed by atoms with Crippen molar-refractivity contribution in [2.24, 2.45) is 0 Å². The Morgan fingerprint density at radius 2 is 2.11 bits per heavy atom. The average molecular weight is 291 g/mol. The van der Waals surface area contributed by atoms with Crippen LogP contribution in [-0.2, 0) is 4.79 Å². The maximum absolute atomic E-state index is 12.8. The van der Waals surface area contributed by atoms with Crippen molar-refractivity contribution in [1.29, 1.82) is 0 Å². The lowest BCUT2D eigenvalue weighted by molar-refractivity contribution is -0.123. The van der Waals surface area contributed by atoms with Gasteiger partial charge in [-0.2, -0.15) is 0 Å². The summed E-state index contributed by atoms with van der Waals surface area (Å²) < 4.78 is 18.0. The molecule has 0 unspecified atom stereocenters. The fraction of sp³-hybridized carbons (Fsp3) is 0.462. The zero-order chi connectivity index (χ0) is 13.2. The zero-order valence-electron chi connectivity index (χ0n) is 10.9. The summed E-state index contributed by atoms with van der Waals surface area (Å²) in [6.07, 6.45) is 1.07. The van der Waals surface area contributed by atoms with Crippen molar-refractivity contribution in [2.45, 2.75) is 13.3 Å². The SMILES string of the molecule is CCCNCCNC(=O)COc1cccc(F)c1.Cl. The maximum Gasteiger partial charge on any atom is 0.257 e. The van der Waals surface area contributed by atoms with Gasteiger partial charge in [0.2, 0.25) is 0 Å². The minimum Gasteiger partial charge on any atom is -0.484 e. The molecule has 0 fully saturated rings. The summed E-state index contributed by atoms with van der Waals surface area (Å²) in [6.45, 7) is 4.22. The molecule has 0 aliphatic rings. The normalized spacial score (nSPS) is 9.58. The van der Waals surface area contributed by atoms with Crippen LogP contribution >= 0.6 is 12.4 Å². The maximum atomic E-state index is 12.8. The molecular formula is C13H20ClFN2O2. The van der Waals surface area contributed by atoms with E-state index in [2.05, 4.69) is 17.6 Å². The van der Waals surface area contributed by atoms with Crippen LogP contribution in [0.15, 0.2) is 24.3 Å². The molecule has 0 heterocycles. The van der Waals surface area contributed by atoms with Crippen LogP contribution in [0.4, 0.5) is 4.39 Å². The number of rotatable bonds is 8. The Hall–Kier alpha value is -1.33. The highest BCUT2D eigenvalue weighted by Crippen LogP contribution is 2.11. The fourth-order valence-corrected chi connectivity index (χ4v) is 1.35.